The highest BCUT2D eigenvalue weighted by molar-refractivity contribution is 6.32. The summed E-state index contributed by atoms with van der Waals surface area (Å²) in [7, 11) is 0. The number of nitro groups is 1. The lowest BCUT2D eigenvalue weighted by atomic mass is 9.96. The Bertz CT molecular complexity index is 638. The summed E-state index contributed by atoms with van der Waals surface area (Å²) in [5.74, 6) is -1.66. The van der Waals surface area contributed by atoms with Crippen LogP contribution in [-0.2, 0) is 4.79 Å². The SMILES string of the molecule is O=C(Nc1ccc([N+](=O)[O-])cc1)C1C=C(Cl)C=CC1(O)Cl. The molecule has 0 aromatic heterocycles. The van der Waals surface area contributed by atoms with E-state index in [2.05, 4.69) is 5.32 Å². The Morgan fingerprint density at radius 2 is 2.00 bits per heavy atom. The molecular formula is C13H10Cl2N2O4. The van der Waals surface area contributed by atoms with Crippen LogP contribution in [0, 0.1) is 16.0 Å². The lowest BCUT2D eigenvalue weighted by Gasteiger charge is -2.27. The van der Waals surface area contributed by atoms with Crippen molar-refractivity contribution < 1.29 is 14.8 Å². The van der Waals surface area contributed by atoms with Gasteiger partial charge in [0.25, 0.3) is 5.69 Å². The van der Waals surface area contributed by atoms with Crippen molar-refractivity contribution in [1.29, 1.82) is 0 Å². The van der Waals surface area contributed by atoms with E-state index in [4.69, 9.17) is 23.2 Å². The highest BCUT2D eigenvalue weighted by Crippen LogP contribution is 2.33. The molecule has 0 spiro atoms. The topological polar surface area (TPSA) is 92.5 Å². The van der Waals surface area contributed by atoms with Gasteiger partial charge in [0.2, 0.25) is 5.91 Å². The van der Waals surface area contributed by atoms with Gasteiger partial charge in [-0.2, -0.15) is 0 Å². The van der Waals surface area contributed by atoms with E-state index in [1.54, 1.807) is 0 Å². The third-order valence-corrected chi connectivity index (χ3v) is 3.48. The molecular weight excluding hydrogens is 319 g/mol. The molecule has 0 fully saturated rings. The number of benzene rings is 1. The molecule has 0 heterocycles. The lowest BCUT2D eigenvalue weighted by Crippen LogP contribution is -2.39. The number of hydrogen-bond donors (Lipinski definition) is 2. The number of nitro benzene ring substituents is 1. The van der Waals surface area contributed by atoms with Crippen LogP contribution in [0.25, 0.3) is 0 Å². The minimum absolute atomic E-state index is 0.0922. The Morgan fingerprint density at radius 3 is 2.57 bits per heavy atom. The first-order chi connectivity index (χ1) is 9.79. The summed E-state index contributed by atoms with van der Waals surface area (Å²) in [5, 5.41) is 21.4. The van der Waals surface area contributed by atoms with E-state index in [1.165, 1.54) is 42.5 Å². The summed E-state index contributed by atoms with van der Waals surface area (Å²) >= 11 is 11.6. The molecule has 1 aromatic carbocycles. The first-order valence-electron chi connectivity index (χ1n) is 5.83. The standard InChI is InChI=1S/C13H10Cl2N2O4/c14-8-5-6-13(15,19)11(7-8)12(18)16-9-1-3-10(4-2-9)17(20)21/h1-7,11,19H,(H,16,18). The number of anilines is 1. The van der Waals surface area contributed by atoms with E-state index in [1.807, 2.05) is 0 Å². The molecule has 8 heteroatoms. The summed E-state index contributed by atoms with van der Waals surface area (Å²) in [6.07, 6.45) is 3.94. The molecule has 1 aliphatic rings. The van der Waals surface area contributed by atoms with Gasteiger partial charge in [0.1, 0.15) is 5.92 Å². The van der Waals surface area contributed by atoms with Gasteiger partial charge in [-0.25, -0.2) is 0 Å². The van der Waals surface area contributed by atoms with Gasteiger partial charge in [0.05, 0.1) is 4.92 Å². The fourth-order valence-corrected chi connectivity index (χ4v) is 2.19. The maximum atomic E-state index is 12.1. The molecule has 0 aliphatic heterocycles. The van der Waals surface area contributed by atoms with E-state index < -0.39 is 21.8 Å². The molecule has 1 amide bonds. The van der Waals surface area contributed by atoms with Gasteiger partial charge in [-0.15, -0.1) is 0 Å². The highest BCUT2D eigenvalue weighted by atomic mass is 35.5. The van der Waals surface area contributed by atoms with Crippen LogP contribution in [0.3, 0.4) is 0 Å². The quantitative estimate of drug-likeness (QED) is 0.507. The molecule has 0 radical (unpaired) electrons. The Balaban J connectivity index is 2.14. The second kappa shape index (κ2) is 5.85. The van der Waals surface area contributed by atoms with Crippen molar-refractivity contribution in [2.45, 2.75) is 5.06 Å². The molecule has 2 unspecified atom stereocenters. The van der Waals surface area contributed by atoms with Crippen molar-refractivity contribution in [2.75, 3.05) is 5.32 Å². The summed E-state index contributed by atoms with van der Waals surface area (Å²) in [5.41, 5.74) is 0.252. The van der Waals surface area contributed by atoms with E-state index in [0.717, 1.165) is 0 Å². The summed E-state index contributed by atoms with van der Waals surface area (Å²) < 4.78 is 0. The van der Waals surface area contributed by atoms with Crippen LogP contribution in [-0.4, -0.2) is 21.0 Å². The van der Waals surface area contributed by atoms with Gasteiger partial charge >= 0.3 is 0 Å². The minimum atomic E-state index is -1.87. The zero-order valence-electron chi connectivity index (χ0n) is 10.5. The number of hydrogen-bond acceptors (Lipinski definition) is 4. The largest absolute Gasteiger partial charge is 0.370 e. The zero-order valence-corrected chi connectivity index (χ0v) is 12.0. The highest BCUT2D eigenvalue weighted by Gasteiger charge is 2.38. The van der Waals surface area contributed by atoms with Gasteiger partial charge < -0.3 is 10.4 Å². The number of halogens is 2. The summed E-state index contributed by atoms with van der Waals surface area (Å²) in [4.78, 5) is 22.1. The molecule has 21 heavy (non-hydrogen) atoms. The number of aliphatic hydroxyl groups is 1. The molecule has 6 nitrogen and oxygen atoms in total. The summed E-state index contributed by atoms with van der Waals surface area (Å²) in [6.45, 7) is 0. The van der Waals surface area contributed by atoms with Crippen LogP contribution in [0.15, 0.2) is 47.5 Å². The average molecular weight is 329 g/mol. The van der Waals surface area contributed by atoms with Crippen LogP contribution < -0.4 is 5.32 Å². The van der Waals surface area contributed by atoms with Crippen molar-refractivity contribution in [3.05, 3.63) is 57.6 Å². The number of rotatable bonds is 3. The maximum absolute atomic E-state index is 12.1. The number of nitrogens with zero attached hydrogens (tertiary/aromatic N) is 1. The smallest absolute Gasteiger partial charge is 0.269 e. The Kier molecular flexibility index (Phi) is 4.32. The Hall–Kier alpha value is -1.89. The van der Waals surface area contributed by atoms with Gasteiger partial charge in [-0.1, -0.05) is 23.2 Å². The molecule has 0 bridgehead atoms. The maximum Gasteiger partial charge on any atom is 0.269 e. The number of allylic oxidation sites excluding steroid dienone is 2. The normalized spacial score (nSPS) is 24.3. The third-order valence-electron chi connectivity index (χ3n) is 2.87. The molecule has 2 atom stereocenters. The number of alkyl halides is 1. The van der Waals surface area contributed by atoms with E-state index >= 15 is 0 Å². The van der Waals surface area contributed by atoms with Crippen LogP contribution >= 0.6 is 23.2 Å². The minimum Gasteiger partial charge on any atom is -0.370 e. The number of carbonyl (C=O) groups excluding carboxylic acids is 1. The van der Waals surface area contributed by atoms with E-state index in [0.29, 0.717) is 5.69 Å². The lowest BCUT2D eigenvalue weighted by molar-refractivity contribution is -0.384. The van der Waals surface area contributed by atoms with Crippen LogP contribution in [0.2, 0.25) is 0 Å². The average Bonchev–Trinajstić information content (AvgIpc) is 2.42. The number of nitrogens with one attached hydrogen (secondary N) is 1. The first-order valence-corrected chi connectivity index (χ1v) is 6.58. The zero-order chi connectivity index (χ0) is 15.6. The molecule has 110 valence electrons. The number of non-ortho nitro benzene ring substituents is 1. The second-order valence-corrected chi connectivity index (χ2v) is 5.43. The van der Waals surface area contributed by atoms with Gasteiger partial charge in [-0.05, 0) is 30.4 Å². The van der Waals surface area contributed by atoms with Gasteiger partial charge in [0, 0.05) is 22.9 Å². The molecule has 2 rings (SSSR count). The Labute approximate surface area is 129 Å². The van der Waals surface area contributed by atoms with Crippen molar-refractivity contribution in [3.63, 3.8) is 0 Å². The van der Waals surface area contributed by atoms with E-state index in [9.17, 15) is 20.0 Å². The van der Waals surface area contributed by atoms with Crippen molar-refractivity contribution in [1.82, 2.24) is 0 Å². The van der Waals surface area contributed by atoms with Crippen molar-refractivity contribution in [3.8, 4) is 0 Å². The van der Waals surface area contributed by atoms with Crippen molar-refractivity contribution >= 4 is 40.5 Å². The molecule has 1 aromatic rings. The third kappa shape index (κ3) is 3.60. The van der Waals surface area contributed by atoms with E-state index in [-0.39, 0.29) is 10.7 Å². The predicted octanol–water partition coefficient (Wildman–Crippen LogP) is 2.77. The molecule has 0 saturated heterocycles. The molecule has 0 saturated carbocycles. The monoisotopic (exact) mass is 328 g/mol. The van der Waals surface area contributed by atoms with Gasteiger partial charge in [0.15, 0.2) is 5.06 Å². The fraction of sp³-hybridized carbons (Fsp3) is 0.154. The van der Waals surface area contributed by atoms with Gasteiger partial charge in [-0.3, -0.25) is 14.9 Å². The summed E-state index contributed by atoms with van der Waals surface area (Å²) in [6, 6.07) is 5.28. The van der Waals surface area contributed by atoms with Crippen LogP contribution in [0.5, 0.6) is 0 Å². The number of amides is 1. The van der Waals surface area contributed by atoms with Crippen LogP contribution in [0.1, 0.15) is 0 Å². The van der Waals surface area contributed by atoms with Crippen molar-refractivity contribution in [2.24, 2.45) is 5.92 Å². The molecule has 1 aliphatic carbocycles. The Morgan fingerprint density at radius 1 is 1.38 bits per heavy atom. The fourth-order valence-electron chi connectivity index (χ4n) is 1.78. The van der Waals surface area contributed by atoms with Crippen LogP contribution in [0.4, 0.5) is 11.4 Å². The first kappa shape index (κ1) is 15.5. The number of carbonyl (C=O) groups is 1. The molecule has 2 N–H and O–H groups in total. The second-order valence-electron chi connectivity index (χ2n) is 4.38. The predicted molar refractivity (Wildman–Crippen MR) is 79.1 cm³/mol.